The minimum atomic E-state index is -0.685. The molecule has 4 amide bonds. The second-order valence-corrected chi connectivity index (χ2v) is 17.7. The van der Waals surface area contributed by atoms with E-state index >= 15 is 0 Å². The second kappa shape index (κ2) is 18.6. The summed E-state index contributed by atoms with van der Waals surface area (Å²) in [4.78, 5) is 74.4. The number of aliphatic imine (C=N–C) groups is 1. The van der Waals surface area contributed by atoms with Crippen LogP contribution in [0, 0.1) is 24.7 Å². The molecule has 2 atom stereocenters. The van der Waals surface area contributed by atoms with Gasteiger partial charge < -0.3 is 15.1 Å². The van der Waals surface area contributed by atoms with Crippen molar-refractivity contribution in [2.75, 3.05) is 37.6 Å². The summed E-state index contributed by atoms with van der Waals surface area (Å²) in [5.41, 5.74) is 4.10. The summed E-state index contributed by atoms with van der Waals surface area (Å²) in [6.07, 6.45) is 9.67. The monoisotopic (exact) mass is 817 g/mol. The molecule has 4 aliphatic rings. The lowest BCUT2D eigenvalue weighted by Gasteiger charge is -2.48. The van der Waals surface area contributed by atoms with Gasteiger partial charge in [-0.1, -0.05) is 68.8 Å². The standard InChI is InChI=1S/C43H56ClN7O5S/c1-5-50-40(45)33(47-39(30-15-17-31(44)18-16-30)38-27(2)28(3)57-42(38)50)22-36(54)46-21-13-11-9-7-6-8-10-12-14-32(52)24-49-25-43(26-49)23-37(55)51(29(43)4)34-19-20-35(53)48-41(34)56/h15-18,33-34,45H,4-14,19-26H2,1-3H3,(H,46,54)(H,48,53,56)/t33-,34?/m0/s1. The summed E-state index contributed by atoms with van der Waals surface area (Å²) in [6, 6.07) is 6.32. The number of rotatable bonds is 18. The number of fused-ring (bicyclic) bond motifs is 1. The van der Waals surface area contributed by atoms with Crippen molar-refractivity contribution < 1.29 is 24.0 Å². The Kier molecular flexibility index (Phi) is 13.8. The van der Waals surface area contributed by atoms with E-state index in [2.05, 4.69) is 36.0 Å². The Bertz CT molecular complexity index is 1930. The van der Waals surface area contributed by atoms with Gasteiger partial charge in [0.2, 0.25) is 23.6 Å². The predicted molar refractivity (Wildman–Crippen MR) is 225 cm³/mol. The topological polar surface area (TPSA) is 155 Å². The number of likely N-dealkylation sites (N-methyl/N-ethyl adjacent to an activating group) is 1. The fourth-order valence-corrected chi connectivity index (χ4v) is 9.99. The van der Waals surface area contributed by atoms with Crippen molar-refractivity contribution in [3.8, 4) is 0 Å². The zero-order chi connectivity index (χ0) is 40.9. The maximum absolute atomic E-state index is 13.1. The molecule has 4 aliphatic heterocycles. The Balaban J connectivity index is 0.835. The highest BCUT2D eigenvalue weighted by atomic mass is 35.5. The number of aryl methyl sites for hydroxylation is 1. The maximum atomic E-state index is 13.1. The number of hydrogen-bond donors (Lipinski definition) is 3. The molecule has 3 N–H and O–H groups in total. The first-order valence-corrected chi connectivity index (χ1v) is 21.7. The van der Waals surface area contributed by atoms with Crippen LogP contribution in [0.15, 0.2) is 41.5 Å². The smallest absolute Gasteiger partial charge is 0.249 e. The van der Waals surface area contributed by atoms with Gasteiger partial charge in [-0.25, -0.2) is 0 Å². The molecule has 306 valence electrons. The van der Waals surface area contributed by atoms with Crippen molar-refractivity contribution >= 4 is 68.9 Å². The van der Waals surface area contributed by atoms with Crippen molar-refractivity contribution in [2.45, 2.75) is 116 Å². The molecule has 1 aromatic heterocycles. The van der Waals surface area contributed by atoms with Crippen LogP contribution in [0.2, 0.25) is 5.02 Å². The highest BCUT2D eigenvalue weighted by Gasteiger charge is 2.56. The lowest BCUT2D eigenvalue weighted by molar-refractivity contribution is -0.142. The number of amidine groups is 1. The first-order chi connectivity index (χ1) is 27.3. The van der Waals surface area contributed by atoms with Crippen molar-refractivity contribution in [1.29, 1.82) is 5.41 Å². The number of nitrogens with one attached hydrogen (secondary N) is 3. The molecule has 3 fully saturated rings. The third-order valence-corrected chi connectivity index (χ3v) is 13.4. The van der Waals surface area contributed by atoms with Gasteiger partial charge in [-0.15, -0.1) is 11.3 Å². The minimum absolute atomic E-state index is 0.100. The molecule has 1 spiro atoms. The molecule has 2 aromatic rings. The van der Waals surface area contributed by atoms with E-state index in [1.807, 2.05) is 36.1 Å². The Labute approximate surface area is 345 Å². The van der Waals surface area contributed by atoms with E-state index in [1.165, 1.54) is 9.78 Å². The molecule has 1 aromatic carbocycles. The van der Waals surface area contributed by atoms with E-state index in [4.69, 9.17) is 22.0 Å². The van der Waals surface area contributed by atoms with Gasteiger partial charge in [0, 0.05) is 77.6 Å². The Morgan fingerprint density at radius 1 is 1.04 bits per heavy atom. The van der Waals surface area contributed by atoms with Gasteiger partial charge >= 0.3 is 0 Å². The summed E-state index contributed by atoms with van der Waals surface area (Å²) in [6.45, 7) is 13.1. The number of carbonyl (C=O) groups is 5. The number of ketones is 1. The Morgan fingerprint density at radius 3 is 2.37 bits per heavy atom. The third-order valence-electron chi connectivity index (χ3n) is 11.9. The van der Waals surface area contributed by atoms with E-state index in [1.54, 1.807) is 11.3 Å². The molecular weight excluding hydrogens is 762 g/mol. The molecule has 0 radical (unpaired) electrons. The van der Waals surface area contributed by atoms with Crippen LogP contribution in [0.4, 0.5) is 5.00 Å². The van der Waals surface area contributed by atoms with E-state index in [-0.39, 0.29) is 42.8 Å². The van der Waals surface area contributed by atoms with E-state index in [0.717, 1.165) is 78.8 Å². The van der Waals surface area contributed by atoms with Gasteiger partial charge in [0.25, 0.3) is 0 Å². The highest BCUT2D eigenvalue weighted by Crippen LogP contribution is 2.48. The number of hydrogen-bond acceptors (Lipinski definition) is 9. The first-order valence-electron chi connectivity index (χ1n) is 20.5. The summed E-state index contributed by atoms with van der Waals surface area (Å²) in [7, 11) is 0. The summed E-state index contributed by atoms with van der Waals surface area (Å²) < 4.78 is 0. The predicted octanol–water partition coefficient (Wildman–Crippen LogP) is 6.48. The molecule has 14 heteroatoms. The molecule has 12 nitrogen and oxygen atoms in total. The van der Waals surface area contributed by atoms with Crippen molar-refractivity contribution in [3.63, 3.8) is 0 Å². The van der Waals surface area contributed by atoms with E-state index < -0.39 is 23.4 Å². The zero-order valence-electron chi connectivity index (χ0n) is 33.5. The molecule has 0 bridgehead atoms. The lowest BCUT2D eigenvalue weighted by Crippen LogP contribution is -2.58. The van der Waals surface area contributed by atoms with Gasteiger partial charge in [-0.3, -0.25) is 44.6 Å². The number of carbonyl (C=O) groups excluding carboxylic acids is 5. The lowest BCUT2D eigenvalue weighted by atomic mass is 9.76. The Hall–Kier alpha value is -4.20. The van der Waals surface area contributed by atoms with Crippen LogP contribution in [0.1, 0.15) is 112 Å². The number of amides is 4. The van der Waals surface area contributed by atoms with Crippen LogP contribution in [0.25, 0.3) is 0 Å². The van der Waals surface area contributed by atoms with Crippen LogP contribution >= 0.6 is 22.9 Å². The summed E-state index contributed by atoms with van der Waals surface area (Å²) in [5.74, 6) is -0.450. The van der Waals surface area contributed by atoms with E-state index in [9.17, 15) is 24.0 Å². The highest BCUT2D eigenvalue weighted by molar-refractivity contribution is 7.17. The molecule has 0 aliphatic carbocycles. The maximum Gasteiger partial charge on any atom is 0.249 e. The largest absolute Gasteiger partial charge is 0.356 e. The van der Waals surface area contributed by atoms with Crippen LogP contribution in [-0.2, 0) is 24.0 Å². The molecule has 5 heterocycles. The van der Waals surface area contributed by atoms with Gasteiger partial charge in [0.1, 0.15) is 28.7 Å². The molecular formula is C43H56ClN7O5S. The SMILES string of the molecule is C=C1N(C2CCC(=O)NC2=O)C(=O)CC12CN(CC(=O)CCCCCCCCCCNC(=O)C[C@@H]1N=C(c3ccc(Cl)cc3)c3c(sc(C)c3C)N(CC)C1=N)C2. The minimum Gasteiger partial charge on any atom is -0.356 e. The first kappa shape index (κ1) is 42.4. The number of likely N-dealkylation sites (tertiary alicyclic amines) is 2. The van der Waals surface area contributed by atoms with E-state index in [0.29, 0.717) is 62.1 Å². The summed E-state index contributed by atoms with van der Waals surface area (Å²) >= 11 is 7.87. The second-order valence-electron chi connectivity index (χ2n) is 16.0. The van der Waals surface area contributed by atoms with Crippen LogP contribution in [0.3, 0.4) is 0 Å². The number of imide groups is 1. The number of piperidine rings is 1. The number of anilines is 1. The third kappa shape index (κ3) is 9.58. The van der Waals surface area contributed by atoms with Crippen LogP contribution < -0.4 is 15.5 Å². The normalized spacial score (nSPS) is 20.7. The quantitative estimate of drug-likeness (QED) is 0.115. The van der Waals surface area contributed by atoms with Crippen molar-refractivity contribution in [3.05, 3.63) is 63.1 Å². The fraction of sp³-hybridized carbons (Fsp3) is 0.558. The average Bonchev–Trinajstić information content (AvgIpc) is 3.55. The fourth-order valence-electron chi connectivity index (χ4n) is 8.63. The number of halogens is 1. The molecule has 1 unspecified atom stereocenters. The number of thiophene rings is 1. The average molecular weight is 818 g/mol. The van der Waals surface area contributed by atoms with Crippen molar-refractivity contribution in [1.82, 2.24) is 20.4 Å². The molecule has 3 saturated heterocycles. The zero-order valence-corrected chi connectivity index (χ0v) is 35.1. The van der Waals surface area contributed by atoms with Gasteiger partial charge in [0.05, 0.1) is 18.7 Å². The van der Waals surface area contributed by atoms with Crippen LogP contribution in [-0.4, -0.2) is 95.6 Å². The number of nitrogens with zero attached hydrogens (tertiary/aromatic N) is 4. The number of benzene rings is 1. The van der Waals surface area contributed by atoms with Crippen molar-refractivity contribution in [2.24, 2.45) is 10.4 Å². The Morgan fingerprint density at radius 2 is 1.70 bits per heavy atom. The van der Waals surface area contributed by atoms with Gasteiger partial charge in [0.15, 0.2) is 0 Å². The van der Waals surface area contributed by atoms with Gasteiger partial charge in [-0.05, 0) is 57.7 Å². The number of unbranched alkanes of at least 4 members (excludes halogenated alkanes) is 7. The van der Waals surface area contributed by atoms with Crippen LogP contribution in [0.5, 0.6) is 0 Å². The summed E-state index contributed by atoms with van der Waals surface area (Å²) in [5, 5.41) is 16.1. The molecule has 57 heavy (non-hydrogen) atoms. The number of Topliss-reactive ketones (excluding diaryl/α,β-unsaturated/α-hetero) is 1. The van der Waals surface area contributed by atoms with Gasteiger partial charge in [-0.2, -0.15) is 0 Å². The molecule has 6 rings (SSSR count). The molecule has 0 saturated carbocycles.